The van der Waals surface area contributed by atoms with E-state index in [0.717, 1.165) is 23.7 Å². The highest BCUT2D eigenvalue weighted by Crippen LogP contribution is 2.22. The first kappa shape index (κ1) is 37.0. The largest absolute Gasteiger partial charge is 0.317 e. The zero-order valence-electron chi connectivity index (χ0n) is 27.2. The van der Waals surface area contributed by atoms with Gasteiger partial charge in [0.2, 0.25) is 0 Å². The van der Waals surface area contributed by atoms with Crippen LogP contribution in [0.2, 0.25) is 0 Å². The summed E-state index contributed by atoms with van der Waals surface area (Å²) in [5.41, 5.74) is 0. The fourth-order valence-electron chi connectivity index (χ4n) is 5.86. The Labute approximate surface area is 237 Å². The van der Waals surface area contributed by atoms with Crippen LogP contribution in [0.25, 0.3) is 0 Å². The fraction of sp³-hybridized carbons (Fsp3) is 1.00. The average Bonchev–Trinajstić information content (AvgIpc) is 2.85. The van der Waals surface area contributed by atoms with E-state index in [0.29, 0.717) is 0 Å². The predicted molar refractivity (Wildman–Crippen MR) is 172 cm³/mol. The lowest BCUT2D eigenvalue weighted by atomic mass is 9.91. The molecule has 1 nitrogen and oxygen atoms in total. The molecule has 1 N–H and O–H groups in total. The molecule has 0 aromatic carbocycles. The summed E-state index contributed by atoms with van der Waals surface area (Å²) in [4.78, 5) is 0. The van der Waals surface area contributed by atoms with Crippen molar-refractivity contribution in [2.24, 2.45) is 23.7 Å². The molecule has 0 aliphatic rings. The van der Waals surface area contributed by atoms with Gasteiger partial charge in [0.05, 0.1) is 0 Å². The third-order valence-corrected chi connectivity index (χ3v) is 8.79. The summed E-state index contributed by atoms with van der Waals surface area (Å²) in [6, 6.07) is 0. The summed E-state index contributed by atoms with van der Waals surface area (Å²) < 4.78 is 0. The van der Waals surface area contributed by atoms with Crippen LogP contribution in [0.4, 0.5) is 0 Å². The van der Waals surface area contributed by atoms with Gasteiger partial charge >= 0.3 is 0 Å². The van der Waals surface area contributed by atoms with E-state index in [9.17, 15) is 0 Å². The molecule has 3 atom stereocenters. The van der Waals surface area contributed by atoms with Crippen molar-refractivity contribution in [1.29, 1.82) is 0 Å². The maximum absolute atomic E-state index is 3.72. The van der Waals surface area contributed by atoms with Crippen LogP contribution in [0.3, 0.4) is 0 Å². The third-order valence-electron chi connectivity index (χ3n) is 8.79. The van der Waals surface area contributed by atoms with Gasteiger partial charge in [-0.15, -0.1) is 0 Å². The predicted octanol–water partition coefficient (Wildman–Crippen LogP) is 12.5. The maximum atomic E-state index is 3.72. The van der Waals surface area contributed by atoms with Crippen molar-refractivity contribution in [3.05, 3.63) is 0 Å². The van der Waals surface area contributed by atoms with Crippen LogP contribution in [0.1, 0.15) is 196 Å². The number of hydrogen-bond donors (Lipinski definition) is 1. The Balaban J connectivity index is 3.32. The third kappa shape index (κ3) is 30.4. The molecule has 37 heavy (non-hydrogen) atoms. The molecule has 0 radical (unpaired) electrons. The van der Waals surface area contributed by atoms with Crippen LogP contribution in [-0.4, -0.2) is 13.1 Å². The van der Waals surface area contributed by atoms with E-state index < -0.39 is 0 Å². The minimum atomic E-state index is 0.874. The minimum Gasteiger partial charge on any atom is -0.317 e. The van der Waals surface area contributed by atoms with E-state index >= 15 is 0 Å². The van der Waals surface area contributed by atoms with Gasteiger partial charge in [-0.05, 0) is 49.6 Å². The van der Waals surface area contributed by atoms with Gasteiger partial charge in [0, 0.05) is 0 Å². The summed E-state index contributed by atoms with van der Waals surface area (Å²) in [6.45, 7) is 16.9. The molecule has 0 saturated carbocycles. The molecule has 0 spiro atoms. The van der Waals surface area contributed by atoms with Crippen molar-refractivity contribution < 1.29 is 0 Å². The molecule has 0 fully saturated rings. The second-order valence-electron chi connectivity index (χ2n) is 13.6. The molecule has 0 aromatic heterocycles. The zero-order valence-corrected chi connectivity index (χ0v) is 27.2. The van der Waals surface area contributed by atoms with Gasteiger partial charge in [-0.2, -0.15) is 0 Å². The van der Waals surface area contributed by atoms with Crippen LogP contribution >= 0.6 is 0 Å². The van der Waals surface area contributed by atoms with Gasteiger partial charge in [0.1, 0.15) is 0 Å². The van der Waals surface area contributed by atoms with Crippen molar-refractivity contribution in [2.45, 2.75) is 196 Å². The lowest BCUT2D eigenvalue weighted by Crippen LogP contribution is -2.18. The van der Waals surface area contributed by atoms with Crippen molar-refractivity contribution in [1.82, 2.24) is 5.32 Å². The number of nitrogens with one attached hydrogen (secondary N) is 1. The zero-order chi connectivity index (χ0) is 27.4. The van der Waals surface area contributed by atoms with E-state index in [2.05, 4.69) is 46.9 Å². The number of unbranched alkanes of at least 4 members (excludes halogenated alkanes) is 13. The van der Waals surface area contributed by atoms with Gasteiger partial charge in [0.15, 0.2) is 0 Å². The SMILES string of the molecule is CCCCCCCCCCCCCCCCNCCC(C)CCCC(C)CCCC(C)CCCC(C)C. The van der Waals surface area contributed by atoms with E-state index in [-0.39, 0.29) is 0 Å². The summed E-state index contributed by atoms with van der Waals surface area (Å²) in [7, 11) is 0. The van der Waals surface area contributed by atoms with Crippen LogP contribution in [0, 0.1) is 23.7 Å². The van der Waals surface area contributed by atoms with Gasteiger partial charge in [-0.1, -0.05) is 183 Å². The van der Waals surface area contributed by atoms with Gasteiger partial charge in [0.25, 0.3) is 0 Å². The molecule has 0 amide bonds. The lowest BCUT2D eigenvalue weighted by Gasteiger charge is -2.16. The minimum absolute atomic E-state index is 0.874. The van der Waals surface area contributed by atoms with E-state index in [4.69, 9.17) is 0 Å². The van der Waals surface area contributed by atoms with Crippen molar-refractivity contribution in [3.8, 4) is 0 Å². The molecule has 224 valence electrons. The van der Waals surface area contributed by atoms with Crippen molar-refractivity contribution in [3.63, 3.8) is 0 Å². The molecule has 0 bridgehead atoms. The second kappa shape index (κ2) is 29.0. The monoisotopic (exact) mass is 522 g/mol. The second-order valence-corrected chi connectivity index (χ2v) is 13.6. The van der Waals surface area contributed by atoms with Crippen LogP contribution < -0.4 is 5.32 Å². The molecule has 0 aliphatic carbocycles. The number of rotatable bonds is 30. The Kier molecular flexibility index (Phi) is 28.9. The van der Waals surface area contributed by atoms with Gasteiger partial charge in [-0.3, -0.25) is 0 Å². The van der Waals surface area contributed by atoms with E-state index in [1.807, 2.05) is 0 Å². The topological polar surface area (TPSA) is 12.0 Å². The summed E-state index contributed by atoms with van der Waals surface area (Å²) in [6.07, 6.45) is 34.6. The fourth-order valence-corrected chi connectivity index (χ4v) is 5.86. The molecule has 0 aromatic rings. The molecule has 0 heterocycles. The molecule has 1 heteroatoms. The standard InChI is InChI=1S/C36H75N/c1-7-8-9-10-11-12-13-14-15-16-17-18-19-20-31-37-32-30-36(6)29-23-28-35(5)27-22-26-34(4)25-21-24-33(2)3/h33-37H,7-32H2,1-6H3. The van der Waals surface area contributed by atoms with Crippen LogP contribution in [0.15, 0.2) is 0 Å². The van der Waals surface area contributed by atoms with Crippen LogP contribution in [0.5, 0.6) is 0 Å². The Morgan fingerprint density at radius 2 is 0.703 bits per heavy atom. The Morgan fingerprint density at radius 1 is 0.351 bits per heavy atom. The van der Waals surface area contributed by atoms with Crippen molar-refractivity contribution >= 4 is 0 Å². The molecular weight excluding hydrogens is 446 g/mol. The Hall–Kier alpha value is -0.0400. The van der Waals surface area contributed by atoms with Gasteiger partial charge in [-0.25, -0.2) is 0 Å². The highest BCUT2D eigenvalue weighted by Gasteiger charge is 2.08. The highest BCUT2D eigenvalue weighted by atomic mass is 14.8. The van der Waals surface area contributed by atoms with E-state index in [1.54, 1.807) is 0 Å². The summed E-state index contributed by atoms with van der Waals surface area (Å²) in [5.74, 6) is 3.62. The first-order chi connectivity index (χ1) is 18.0. The quantitative estimate of drug-likeness (QED) is 0.0926. The van der Waals surface area contributed by atoms with Gasteiger partial charge < -0.3 is 5.32 Å². The lowest BCUT2D eigenvalue weighted by molar-refractivity contribution is 0.372. The van der Waals surface area contributed by atoms with Crippen LogP contribution in [-0.2, 0) is 0 Å². The van der Waals surface area contributed by atoms with E-state index in [1.165, 1.54) is 167 Å². The normalized spacial score (nSPS) is 14.4. The Bertz CT molecular complexity index is 417. The Morgan fingerprint density at radius 3 is 1.11 bits per heavy atom. The molecule has 0 aliphatic heterocycles. The first-order valence-electron chi connectivity index (χ1n) is 17.7. The summed E-state index contributed by atoms with van der Waals surface area (Å²) >= 11 is 0. The first-order valence-corrected chi connectivity index (χ1v) is 17.7. The number of hydrogen-bond acceptors (Lipinski definition) is 1. The average molecular weight is 522 g/mol. The molecule has 0 saturated heterocycles. The smallest absolute Gasteiger partial charge is 0.00464 e. The summed E-state index contributed by atoms with van der Waals surface area (Å²) in [5, 5.41) is 3.72. The molecule has 0 rings (SSSR count). The van der Waals surface area contributed by atoms with Crippen molar-refractivity contribution in [2.75, 3.05) is 13.1 Å². The maximum Gasteiger partial charge on any atom is -0.00464 e. The molecule has 3 unspecified atom stereocenters. The molecular formula is C36H75N. The highest BCUT2D eigenvalue weighted by molar-refractivity contribution is 4.62.